The molecule has 0 saturated heterocycles. The maximum absolute atomic E-state index is 13.2. The van der Waals surface area contributed by atoms with E-state index in [0.29, 0.717) is 34.2 Å². The predicted octanol–water partition coefficient (Wildman–Crippen LogP) is 3.62. The van der Waals surface area contributed by atoms with Crippen LogP contribution in [0.4, 0.5) is 15.8 Å². The largest absolute Gasteiger partial charge is 0.494 e. The molecule has 2 aromatic heterocycles. The molecule has 4 aromatic rings. The van der Waals surface area contributed by atoms with Crippen molar-refractivity contribution < 1.29 is 18.7 Å². The maximum Gasteiger partial charge on any atom is 0.295 e. The molecule has 2 heterocycles. The van der Waals surface area contributed by atoms with E-state index in [2.05, 4.69) is 25.7 Å². The van der Waals surface area contributed by atoms with Crippen LogP contribution >= 0.6 is 0 Å². The van der Waals surface area contributed by atoms with Gasteiger partial charge >= 0.3 is 0 Å². The average molecular weight is 446 g/mol. The van der Waals surface area contributed by atoms with Gasteiger partial charge in [-0.15, -0.1) is 5.10 Å². The van der Waals surface area contributed by atoms with Crippen LogP contribution in [0.2, 0.25) is 0 Å². The first-order chi connectivity index (χ1) is 15.9. The molecule has 0 bridgehead atoms. The molecule has 0 aliphatic rings. The summed E-state index contributed by atoms with van der Waals surface area (Å²) in [6.07, 6.45) is 3.03. The Morgan fingerprint density at radius 2 is 1.82 bits per heavy atom. The molecule has 0 saturated carbocycles. The number of hydrogen-bond acceptors (Lipinski definition) is 6. The van der Waals surface area contributed by atoms with Crippen molar-refractivity contribution in [3.63, 3.8) is 0 Å². The number of carbonyl (C=O) groups is 2. The fourth-order valence-electron chi connectivity index (χ4n) is 3.06. The zero-order chi connectivity index (χ0) is 23.4. The molecule has 0 radical (unpaired) electrons. The fraction of sp³-hybridized carbons (Fsp3) is 0.0870. The summed E-state index contributed by atoms with van der Waals surface area (Å²) in [5.74, 6) is -0.477. The number of amides is 2. The summed E-state index contributed by atoms with van der Waals surface area (Å²) in [7, 11) is 1.45. The van der Waals surface area contributed by atoms with Gasteiger partial charge < -0.3 is 15.4 Å². The van der Waals surface area contributed by atoms with Crippen LogP contribution in [0.5, 0.6) is 5.75 Å². The van der Waals surface area contributed by atoms with E-state index in [-0.39, 0.29) is 17.5 Å². The second-order valence-corrected chi connectivity index (χ2v) is 6.94. The Bertz CT molecular complexity index is 1310. The van der Waals surface area contributed by atoms with E-state index in [4.69, 9.17) is 4.74 Å². The number of methoxy groups -OCH3 is 1. The van der Waals surface area contributed by atoms with Gasteiger partial charge in [0, 0.05) is 24.1 Å². The molecule has 9 nitrogen and oxygen atoms in total. The average Bonchev–Trinajstić information content (AvgIpc) is 3.22. The lowest BCUT2D eigenvalue weighted by Gasteiger charge is -2.12. The topological polar surface area (TPSA) is 111 Å². The van der Waals surface area contributed by atoms with Gasteiger partial charge in [-0.3, -0.25) is 14.6 Å². The number of pyridine rings is 1. The molecule has 2 aromatic carbocycles. The van der Waals surface area contributed by atoms with Crippen LogP contribution in [-0.2, 0) is 0 Å². The molecule has 0 unspecified atom stereocenters. The number of rotatable bonds is 6. The number of aromatic nitrogens is 4. The summed E-state index contributed by atoms with van der Waals surface area (Å²) < 4.78 is 20.0. The number of anilines is 2. The predicted molar refractivity (Wildman–Crippen MR) is 119 cm³/mol. The van der Waals surface area contributed by atoms with Crippen molar-refractivity contribution in [2.75, 3.05) is 17.7 Å². The van der Waals surface area contributed by atoms with Gasteiger partial charge in [0.05, 0.1) is 24.0 Å². The van der Waals surface area contributed by atoms with Gasteiger partial charge in [-0.25, -0.2) is 14.1 Å². The minimum atomic E-state index is -0.534. The number of nitrogens with zero attached hydrogens (tertiary/aromatic N) is 4. The van der Waals surface area contributed by atoms with Crippen LogP contribution < -0.4 is 15.4 Å². The van der Waals surface area contributed by atoms with Gasteiger partial charge in [0.1, 0.15) is 17.4 Å². The van der Waals surface area contributed by atoms with Gasteiger partial charge in [0.25, 0.3) is 11.8 Å². The molecule has 10 heteroatoms. The Hall–Kier alpha value is -4.60. The summed E-state index contributed by atoms with van der Waals surface area (Å²) in [5.41, 5.74) is 1.83. The van der Waals surface area contributed by atoms with Crippen LogP contribution in [0.3, 0.4) is 0 Å². The molecule has 0 atom stereocenters. The Kier molecular flexibility index (Phi) is 6.07. The first-order valence-corrected chi connectivity index (χ1v) is 9.85. The van der Waals surface area contributed by atoms with Crippen molar-refractivity contribution in [3.8, 4) is 11.4 Å². The number of nitrogens with one attached hydrogen (secondary N) is 2. The standard InChI is InChI=1S/C23H19FN6O3/c1-14-26-21(29-30(14)18-8-5-16(24)6-9-18)23(32)27-17-7-10-19(20(12-17)33-2)28-22(31)15-4-3-11-25-13-15/h3-13H,1-2H3,(H,27,32)(H,28,31). The Morgan fingerprint density at radius 1 is 1.03 bits per heavy atom. The van der Waals surface area contributed by atoms with E-state index >= 15 is 0 Å². The van der Waals surface area contributed by atoms with E-state index in [0.717, 1.165) is 0 Å². The summed E-state index contributed by atoms with van der Waals surface area (Å²) in [6, 6.07) is 13.8. The first kappa shape index (κ1) is 21.6. The fourth-order valence-corrected chi connectivity index (χ4v) is 3.06. The Morgan fingerprint density at radius 3 is 2.52 bits per heavy atom. The lowest BCUT2D eigenvalue weighted by Crippen LogP contribution is -2.15. The van der Waals surface area contributed by atoms with Gasteiger partial charge in [0.2, 0.25) is 5.82 Å². The molecule has 0 aliphatic carbocycles. The van der Waals surface area contributed by atoms with Gasteiger partial charge in [0.15, 0.2) is 0 Å². The summed E-state index contributed by atoms with van der Waals surface area (Å²) in [5, 5.41) is 9.67. The number of benzene rings is 2. The Labute approximate surface area is 188 Å². The molecule has 0 spiro atoms. The Balaban J connectivity index is 1.50. The zero-order valence-corrected chi connectivity index (χ0v) is 17.7. The third-order valence-electron chi connectivity index (χ3n) is 4.67. The molecule has 166 valence electrons. The minimum Gasteiger partial charge on any atom is -0.494 e. The number of carbonyl (C=O) groups excluding carboxylic acids is 2. The van der Waals surface area contributed by atoms with Crippen molar-refractivity contribution in [3.05, 3.63) is 90.0 Å². The second kappa shape index (κ2) is 9.27. The number of halogens is 1. The molecule has 0 fully saturated rings. The first-order valence-electron chi connectivity index (χ1n) is 9.85. The minimum absolute atomic E-state index is 0.0512. The number of ether oxygens (including phenoxy) is 1. The molecule has 4 rings (SSSR count). The van der Waals surface area contributed by atoms with Crippen LogP contribution in [0.25, 0.3) is 5.69 Å². The van der Waals surface area contributed by atoms with E-state index in [1.165, 1.54) is 30.1 Å². The third kappa shape index (κ3) is 4.85. The molecule has 2 amide bonds. The van der Waals surface area contributed by atoms with Crippen LogP contribution in [0.15, 0.2) is 67.0 Å². The van der Waals surface area contributed by atoms with Crippen molar-refractivity contribution in [2.24, 2.45) is 0 Å². The SMILES string of the molecule is COc1cc(NC(=O)c2nc(C)n(-c3ccc(F)cc3)n2)ccc1NC(=O)c1cccnc1. The van der Waals surface area contributed by atoms with E-state index in [1.54, 1.807) is 55.6 Å². The van der Waals surface area contributed by atoms with Gasteiger partial charge in [-0.05, 0) is 55.5 Å². The smallest absolute Gasteiger partial charge is 0.295 e. The number of aryl methyl sites for hydroxylation is 1. The van der Waals surface area contributed by atoms with Crippen molar-refractivity contribution in [1.29, 1.82) is 0 Å². The number of hydrogen-bond donors (Lipinski definition) is 2. The van der Waals surface area contributed by atoms with E-state index < -0.39 is 5.91 Å². The lowest BCUT2D eigenvalue weighted by atomic mass is 10.2. The van der Waals surface area contributed by atoms with Gasteiger partial charge in [-0.2, -0.15) is 0 Å². The van der Waals surface area contributed by atoms with Crippen molar-refractivity contribution >= 4 is 23.2 Å². The summed E-state index contributed by atoms with van der Waals surface area (Å²) >= 11 is 0. The molecule has 2 N–H and O–H groups in total. The maximum atomic E-state index is 13.2. The highest BCUT2D eigenvalue weighted by molar-refractivity contribution is 6.05. The van der Waals surface area contributed by atoms with Crippen molar-refractivity contribution in [2.45, 2.75) is 6.92 Å². The van der Waals surface area contributed by atoms with Crippen molar-refractivity contribution in [1.82, 2.24) is 19.7 Å². The third-order valence-corrected chi connectivity index (χ3v) is 4.67. The lowest BCUT2D eigenvalue weighted by molar-refractivity contribution is 0.101. The molecular formula is C23H19FN6O3. The van der Waals surface area contributed by atoms with Crippen LogP contribution in [0.1, 0.15) is 26.8 Å². The monoisotopic (exact) mass is 446 g/mol. The highest BCUT2D eigenvalue weighted by Crippen LogP contribution is 2.28. The summed E-state index contributed by atoms with van der Waals surface area (Å²) in [4.78, 5) is 33.2. The second-order valence-electron chi connectivity index (χ2n) is 6.94. The van der Waals surface area contributed by atoms with Crippen LogP contribution in [0, 0.1) is 12.7 Å². The normalized spacial score (nSPS) is 10.5. The highest BCUT2D eigenvalue weighted by Gasteiger charge is 2.17. The highest BCUT2D eigenvalue weighted by atomic mass is 19.1. The quantitative estimate of drug-likeness (QED) is 0.468. The van der Waals surface area contributed by atoms with Crippen LogP contribution in [-0.4, -0.2) is 38.7 Å². The molecule has 33 heavy (non-hydrogen) atoms. The molecule has 0 aliphatic heterocycles. The van der Waals surface area contributed by atoms with E-state index in [9.17, 15) is 14.0 Å². The zero-order valence-electron chi connectivity index (χ0n) is 17.7. The van der Waals surface area contributed by atoms with Gasteiger partial charge in [-0.1, -0.05) is 0 Å². The van der Waals surface area contributed by atoms with E-state index in [1.807, 2.05) is 0 Å². The molecular weight excluding hydrogens is 427 g/mol. The summed E-state index contributed by atoms with van der Waals surface area (Å²) in [6.45, 7) is 1.69.